The highest BCUT2D eigenvalue weighted by Crippen LogP contribution is 2.11. The van der Waals surface area contributed by atoms with Gasteiger partial charge in [0.05, 0.1) is 0 Å². The lowest BCUT2D eigenvalue weighted by molar-refractivity contribution is 1.10. The van der Waals surface area contributed by atoms with Crippen LogP contribution in [0.1, 0.15) is 6.42 Å². The van der Waals surface area contributed by atoms with Crippen molar-refractivity contribution in [3.8, 4) is 0 Å². The van der Waals surface area contributed by atoms with E-state index in [0.717, 1.165) is 6.42 Å². The third-order valence-electron chi connectivity index (χ3n) is 0.508. The van der Waals surface area contributed by atoms with Gasteiger partial charge in [-0.05, 0) is 12.8 Å². The van der Waals surface area contributed by atoms with E-state index >= 15 is 0 Å². The van der Waals surface area contributed by atoms with Crippen LogP contribution in [0.25, 0.3) is 0 Å². The molecule has 1 aliphatic rings. The van der Waals surface area contributed by atoms with E-state index in [2.05, 4.69) is 6.42 Å². The maximum Gasteiger partial charge on any atom is 0.00743 e. The fourth-order valence-electron chi connectivity index (χ4n) is 0.0786. The van der Waals surface area contributed by atoms with Gasteiger partial charge in [0, 0.05) is 6.04 Å². The van der Waals surface area contributed by atoms with Gasteiger partial charge in [-0.3, -0.25) is 0 Å². The minimum Gasteiger partial charge on any atom is -0.327 e. The molecule has 1 atom stereocenters. The van der Waals surface area contributed by atoms with Crippen LogP contribution in [0.4, 0.5) is 0 Å². The van der Waals surface area contributed by atoms with E-state index in [1.54, 1.807) is 0 Å². The van der Waals surface area contributed by atoms with Gasteiger partial charge in [-0.2, -0.15) is 0 Å². The quantitative estimate of drug-likeness (QED) is 0.413. The molecule has 0 aromatic carbocycles. The van der Waals surface area contributed by atoms with E-state index in [1.807, 2.05) is 0 Å². The Kier molecular flexibility index (Phi) is 0.256. The van der Waals surface area contributed by atoms with E-state index < -0.39 is 0 Å². The molecule has 0 spiro atoms. The van der Waals surface area contributed by atoms with Crippen molar-refractivity contribution in [2.24, 2.45) is 5.73 Å². The smallest absolute Gasteiger partial charge is 0.00743 e. The summed E-state index contributed by atoms with van der Waals surface area (Å²) in [6, 6.07) is 0.458. The van der Waals surface area contributed by atoms with Crippen LogP contribution in [0, 0.1) is 6.42 Å². The number of hydrogen-bond acceptors (Lipinski definition) is 1. The molecule has 0 aromatic rings. The molecule has 23 valence electrons. The molecule has 1 nitrogen and oxygen atoms in total. The summed E-state index contributed by atoms with van der Waals surface area (Å²) >= 11 is 0. The molecule has 1 saturated carbocycles. The molecule has 1 aliphatic carbocycles. The summed E-state index contributed by atoms with van der Waals surface area (Å²) in [7, 11) is 0. The van der Waals surface area contributed by atoms with Gasteiger partial charge in [-0.15, -0.1) is 0 Å². The van der Waals surface area contributed by atoms with Crippen molar-refractivity contribution in [1.29, 1.82) is 0 Å². The van der Waals surface area contributed by atoms with Crippen LogP contribution < -0.4 is 5.73 Å². The highest BCUT2D eigenvalue weighted by atomic mass is 14.7. The third-order valence-corrected chi connectivity index (χ3v) is 0.508. The summed E-state index contributed by atoms with van der Waals surface area (Å²) in [5.41, 5.74) is 5.17. The first kappa shape index (κ1) is 2.21. The van der Waals surface area contributed by atoms with Gasteiger partial charge in [0.1, 0.15) is 0 Å². The molecule has 1 rings (SSSR count). The average molecular weight is 56.1 g/mol. The first-order valence-corrected chi connectivity index (χ1v) is 1.48. The van der Waals surface area contributed by atoms with Crippen molar-refractivity contribution in [3.63, 3.8) is 0 Å². The fraction of sp³-hybridized carbons (Fsp3) is 0.667. The standard InChI is InChI=1S/C3H6N/c4-3-1-2-3/h1,3H,2,4H2. The molecule has 1 unspecified atom stereocenters. The third kappa shape index (κ3) is 0.206. The predicted molar refractivity (Wildman–Crippen MR) is 16.9 cm³/mol. The van der Waals surface area contributed by atoms with E-state index in [1.165, 1.54) is 0 Å². The summed E-state index contributed by atoms with van der Waals surface area (Å²) in [5, 5.41) is 0. The molecule has 4 heavy (non-hydrogen) atoms. The lowest BCUT2D eigenvalue weighted by Gasteiger charge is -1.58. The molecular weight excluding hydrogens is 50.0 g/mol. The summed E-state index contributed by atoms with van der Waals surface area (Å²) in [6.07, 6.45) is 3.21. The van der Waals surface area contributed by atoms with Crippen LogP contribution in [0.2, 0.25) is 0 Å². The lowest BCUT2D eigenvalue weighted by atomic mass is 10.8. The van der Waals surface area contributed by atoms with Crippen molar-refractivity contribution in [1.82, 2.24) is 0 Å². The Hall–Kier alpha value is -0.0400. The topological polar surface area (TPSA) is 26.0 Å². The second-order valence-electron chi connectivity index (χ2n) is 1.14. The van der Waals surface area contributed by atoms with E-state index in [9.17, 15) is 0 Å². The Morgan fingerprint density at radius 2 is 2.25 bits per heavy atom. The fourth-order valence-corrected chi connectivity index (χ4v) is 0.0786. The summed E-state index contributed by atoms with van der Waals surface area (Å²) in [5.74, 6) is 0. The van der Waals surface area contributed by atoms with E-state index in [4.69, 9.17) is 5.73 Å². The van der Waals surface area contributed by atoms with Crippen molar-refractivity contribution >= 4 is 0 Å². The molecular formula is C3H6N. The molecule has 0 aliphatic heterocycles. The first-order valence-electron chi connectivity index (χ1n) is 1.48. The molecule has 0 saturated heterocycles. The van der Waals surface area contributed by atoms with Crippen LogP contribution in [-0.2, 0) is 0 Å². The Morgan fingerprint density at radius 3 is 2.25 bits per heavy atom. The van der Waals surface area contributed by atoms with Crippen molar-refractivity contribution in [2.45, 2.75) is 12.5 Å². The molecule has 1 fully saturated rings. The van der Waals surface area contributed by atoms with E-state index in [0.29, 0.717) is 6.04 Å². The SMILES string of the molecule is NC1[CH]C1. The molecule has 1 radical (unpaired) electrons. The van der Waals surface area contributed by atoms with Crippen LogP contribution in [0.15, 0.2) is 0 Å². The highest BCUT2D eigenvalue weighted by Gasteiger charge is 2.14. The molecule has 1 heteroatoms. The Bertz CT molecular complexity index is 22.5. The first-order chi connectivity index (χ1) is 1.89. The highest BCUT2D eigenvalue weighted by molar-refractivity contribution is 4.98. The molecule has 2 N–H and O–H groups in total. The van der Waals surface area contributed by atoms with Gasteiger partial charge in [0.2, 0.25) is 0 Å². The van der Waals surface area contributed by atoms with Crippen molar-refractivity contribution < 1.29 is 0 Å². The monoisotopic (exact) mass is 56.1 g/mol. The van der Waals surface area contributed by atoms with Crippen LogP contribution in [0.5, 0.6) is 0 Å². The van der Waals surface area contributed by atoms with Gasteiger partial charge in [0.15, 0.2) is 0 Å². The zero-order chi connectivity index (χ0) is 2.99. The van der Waals surface area contributed by atoms with E-state index in [-0.39, 0.29) is 0 Å². The van der Waals surface area contributed by atoms with Crippen LogP contribution >= 0.6 is 0 Å². The van der Waals surface area contributed by atoms with Crippen LogP contribution in [0.3, 0.4) is 0 Å². The predicted octanol–water partition coefficient (Wildman–Crippen LogP) is -0.0783. The normalized spacial score (nSPS) is 26.2. The number of hydrogen-bond donors (Lipinski definition) is 1. The maximum absolute atomic E-state index is 5.17. The average Bonchev–Trinajstić information content (AvgIpc) is 1.75. The van der Waals surface area contributed by atoms with Gasteiger partial charge < -0.3 is 5.73 Å². The Morgan fingerprint density at radius 1 is 2.00 bits per heavy atom. The number of rotatable bonds is 0. The largest absolute Gasteiger partial charge is 0.327 e. The van der Waals surface area contributed by atoms with Crippen molar-refractivity contribution in [3.05, 3.63) is 6.42 Å². The molecule has 0 heterocycles. The Balaban J connectivity index is 2.17. The molecule has 0 amide bonds. The minimum absolute atomic E-state index is 0.458. The second kappa shape index (κ2) is 0.462. The second-order valence-corrected chi connectivity index (χ2v) is 1.14. The Labute approximate surface area is 25.8 Å². The molecule has 0 aromatic heterocycles. The summed E-state index contributed by atoms with van der Waals surface area (Å²) in [4.78, 5) is 0. The number of nitrogens with two attached hydrogens (primary N) is 1. The van der Waals surface area contributed by atoms with Gasteiger partial charge in [-0.25, -0.2) is 0 Å². The minimum atomic E-state index is 0.458. The van der Waals surface area contributed by atoms with Gasteiger partial charge in [-0.1, -0.05) is 0 Å². The van der Waals surface area contributed by atoms with Gasteiger partial charge in [0.25, 0.3) is 0 Å². The zero-order valence-electron chi connectivity index (χ0n) is 2.44. The molecule has 0 bridgehead atoms. The van der Waals surface area contributed by atoms with Gasteiger partial charge >= 0.3 is 0 Å². The lowest BCUT2D eigenvalue weighted by Crippen LogP contribution is -1.94. The van der Waals surface area contributed by atoms with Crippen LogP contribution in [-0.4, -0.2) is 6.04 Å². The zero-order valence-corrected chi connectivity index (χ0v) is 2.44. The maximum atomic E-state index is 5.17. The summed E-state index contributed by atoms with van der Waals surface area (Å²) in [6.45, 7) is 0. The summed E-state index contributed by atoms with van der Waals surface area (Å²) < 4.78 is 0. The van der Waals surface area contributed by atoms with Crippen molar-refractivity contribution in [2.75, 3.05) is 0 Å².